The third-order valence-electron chi connectivity index (χ3n) is 3.76. The van der Waals surface area contributed by atoms with Gasteiger partial charge in [0.2, 0.25) is 11.8 Å². The fourth-order valence-corrected chi connectivity index (χ4v) is 2.46. The van der Waals surface area contributed by atoms with Gasteiger partial charge in [0.15, 0.2) is 0 Å². The van der Waals surface area contributed by atoms with Crippen LogP contribution in [0.5, 0.6) is 5.75 Å². The van der Waals surface area contributed by atoms with E-state index in [1.54, 1.807) is 62.6 Å². The Kier molecular flexibility index (Phi) is 6.93. The molecule has 0 atom stereocenters. The number of methoxy groups -OCH3 is 1. The molecule has 0 saturated heterocycles. The van der Waals surface area contributed by atoms with Crippen molar-refractivity contribution in [3.63, 3.8) is 0 Å². The Morgan fingerprint density at radius 2 is 1.70 bits per heavy atom. The summed E-state index contributed by atoms with van der Waals surface area (Å²) in [7, 11) is 1.55. The smallest absolute Gasteiger partial charge is 0.340 e. The van der Waals surface area contributed by atoms with Gasteiger partial charge in [0, 0.05) is 12.6 Å². The van der Waals surface area contributed by atoms with E-state index in [0.29, 0.717) is 17.1 Å². The Labute approximate surface area is 157 Å². The molecule has 2 aromatic rings. The van der Waals surface area contributed by atoms with Crippen molar-refractivity contribution in [3.05, 3.63) is 54.1 Å². The van der Waals surface area contributed by atoms with Crippen molar-refractivity contribution in [2.24, 2.45) is 0 Å². The summed E-state index contributed by atoms with van der Waals surface area (Å²) in [5.41, 5.74) is 1.16. The summed E-state index contributed by atoms with van der Waals surface area (Å²) in [6, 6.07) is 13.4. The topological polar surface area (TPSA) is 84.9 Å². The molecular formula is C20H22N2O5. The number of nitrogens with one attached hydrogen (secondary N) is 1. The third-order valence-corrected chi connectivity index (χ3v) is 3.76. The summed E-state index contributed by atoms with van der Waals surface area (Å²) in [5.74, 6) is -0.589. The number of rotatable bonds is 7. The van der Waals surface area contributed by atoms with Gasteiger partial charge in [-0.25, -0.2) is 4.79 Å². The highest BCUT2D eigenvalue weighted by Gasteiger charge is 2.18. The third kappa shape index (κ3) is 5.31. The fraction of sp³-hybridized carbons (Fsp3) is 0.250. The summed E-state index contributed by atoms with van der Waals surface area (Å²) < 4.78 is 10.1. The summed E-state index contributed by atoms with van der Waals surface area (Å²) in [4.78, 5) is 37.8. The number of ether oxygens (including phenoxy) is 2. The molecule has 0 aliphatic heterocycles. The van der Waals surface area contributed by atoms with E-state index in [4.69, 9.17) is 9.47 Å². The molecule has 7 heteroatoms. The van der Waals surface area contributed by atoms with Crippen molar-refractivity contribution < 1.29 is 23.9 Å². The number of nitrogens with zero attached hydrogens (tertiary/aromatic N) is 1. The van der Waals surface area contributed by atoms with Gasteiger partial charge in [-0.1, -0.05) is 12.1 Å². The molecular weight excluding hydrogens is 348 g/mol. The van der Waals surface area contributed by atoms with Crippen molar-refractivity contribution in [2.45, 2.75) is 13.8 Å². The van der Waals surface area contributed by atoms with Gasteiger partial charge in [-0.2, -0.15) is 0 Å². The van der Waals surface area contributed by atoms with Crippen LogP contribution in [0.15, 0.2) is 48.5 Å². The number of hydrogen-bond donors (Lipinski definition) is 1. The number of carbonyl (C=O) groups excluding carboxylic acids is 3. The molecule has 0 aromatic heterocycles. The molecule has 0 aliphatic carbocycles. The number of esters is 1. The maximum absolute atomic E-state index is 12.5. The molecule has 0 heterocycles. The first kappa shape index (κ1) is 20.0. The van der Waals surface area contributed by atoms with E-state index in [2.05, 4.69) is 5.32 Å². The molecule has 0 aliphatic rings. The molecule has 2 rings (SSSR count). The predicted octanol–water partition coefficient (Wildman–Crippen LogP) is 2.86. The summed E-state index contributed by atoms with van der Waals surface area (Å²) in [5, 5.41) is 2.67. The van der Waals surface area contributed by atoms with Crippen LogP contribution < -0.4 is 15.0 Å². The van der Waals surface area contributed by atoms with Crippen LogP contribution in [0.4, 0.5) is 11.4 Å². The van der Waals surface area contributed by atoms with Gasteiger partial charge in [-0.15, -0.1) is 0 Å². The van der Waals surface area contributed by atoms with E-state index in [9.17, 15) is 14.4 Å². The Morgan fingerprint density at radius 1 is 1.04 bits per heavy atom. The van der Waals surface area contributed by atoms with Crippen molar-refractivity contribution >= 4 is 29.2 Å². The molecule has 2 aromatic carbocycles. The molecule has 0 radical (unpaired) electrons. The molecule has 2 amide bonds. The largest absolute Gasteiger partial charge is 0.497 e. The van der Waals surface area contributed by atoms with Crippen LogP contribution in [0.3, 0.4) is 0 Å². The van der Waals surface area contributed by atoms with Crippen molar-refractivity contribution in [1.29, 1.82) is 0 Å². The molecule has 0 saturated carbocycles. The average molecular weight is 370 g/mol. The van der Waals surface area contributed by atoms with E-state index in [-0.39, 0.29) is 24.6 Å². The Balaban J connectivity index is 2.15. The standard InChI is InChI=1S/C20H22N2O5/c1-4-27-20(25)17-7-5-6-8-18(17)21-19(24)13-22(14(2)23)15-9-11-16(26-3)12-10-15/h5-12H,4,13H2,1-3H3,(H,21,24). The highest BCUT2D eigenvalue weighted by Crippen LogP contribution is 2.20. The zero-order valence-corrected chi connectivity index (χ0v) is 15.5. The minimum Gasteiger partial charge on any atom is -0.497 e. The molecule has 0 bridgehead atoms. The number of carbonyl (C=O) groups is 3. The second kappa shape index (κ2) is 9.38. The van der Waals surface area contributed by atoms with Gasteiger partial charge < -0.3 is 19.7 Å². The quantitative estimate of drug-likeness (QED) is 0.758. The summed E-state index contributed by atoms with van der Waals surface area (Å²) >= 11 is 0. The Morgan fingerprint density at radius 3 is 2.30 bits per heavy atom. The molecule has 0 unspecified atom stereocenters. The molecule has 142 valence electrons. The van der Waals surface area contributed by atoms with E-state index in [0.717, 1.165) is 0 Å². The highest BCUT2D eigenvalue weighted by atomic mass is 16.5. The number of anilines is 2. The first-order valence-electron chi connectivity index (χ1n) is 8.44. The molecule has 0 fully saturated rings. The van der Waals surface area contributed by atoms with Gasteiger partial charge in [0.25, 0.3) is 0 Å². The SMILES string of the molecule is CCOC(=O)c1ccccc1NC(=O)CN(C(C)=O)c1ccc(OC)cc1. The van der Waals surface area contributed by atoms with Crippen LogP contribution in [0.1, 0.15) is 24.2 Å². The molecule has 7 nitrogen and oxygen atoms in total. The lowest BCUT2D eigenvalue weighted by Gasteiger charge is -2.21. The normalized spacial score (nSPS) is 10.0. The van der Waals surface area contributed by atoms with Gasteiger partial charge in [-0.3, -0.25) is 9.59 Å². The van der Waals surface area contributed by atoms with E-state index in [1.165, 1.54) is 11.8 Å². The minimum atomic E-state index is -0.521. The first-order chi connectivity index (χ1) is 13.0. The summed E-state index contributed by atoms with van der Waals surface area (Å²) in [6.07, 6.45) is 0. The monoisotopic (exact) mass is 370 g/mol. The average Bonchev–Trinajstić information content (AvgIpc) is 2.66. The summed E-state index contributed by atoms with van der Waals surface area (Å²) in [6.45, 7) is 3.12. The maximum Gasteiger partial charge on any atom is 0.340 e. The molecule has 1 N–H and O–H groups in total. The van der Waals surface area contributed by atoms with Gasteiger partial charge >= 0.3 is 5.97 Å². The Hall–Kier alpha value is -3.35. The second-order valence-corrected chi connectivity index (χ2v) is 5.62. The van der Waals surface area contributed by atoms with Crippen LogP contribution in [-0.4, -0.2) is 38.0 Å². The number of amides is 2. The van der Waals surface area contributed by atoms with Gasteiger partial charge in [-0.05, 0) is 43.3 Å². The lowest BCUT2D eigenvalue weighted by atomic mass is 10.1. The van der Waals surface area contributed by atoms with Gasteiger partial charge in [0.1, 0.15) is 12.3 Å². The lowest BCUT2D eigenvalue weighted by molar-refractivity contribution is -0.120. The van der Waals surface area contributed by atoms with E-state index >= 15 is 0 Å². The fourth-order valence-electron chi connectivity index (χ4n) is 2.46. The van der Waals surface area contributed by atoms with Crippen molar-refractivity contribution in [2.75, 3.05) is 30.5 Å². The number of hydrogen-bond acceptors (Lipinski definition) is 5. The van der Waals surface area contributed by atoms with Gasteiger partial charge in [0.05, 0.1) is 25.0 Å². The van der Waals surface area contributed by atoms with Crippen LogP contribution in [0, 0.1) is 0 Å². The van der Waals surface area contributed by atoms with E-state index in [1.807, 2.05) is 0 Å². The zero-order valence-electron chi connectivity index (χ0n) is 15.5. The van der Waals surface area contributed by atoms with Crippen LogP contribution >= 0.6 is 0 Å². The highest BCUT2D eigenvalue weighted by molar-refractivity contribution is 6.05. The van der Waals surface area contributed by atoms with Crippen LogP contribution in [0.25, 0.3) is 0 Å². The first-order valence-corrected chi connectivity index (χ1v) is 8.44. The maximum atomic E-state index is 12.5. The van der Waals surface area contributed by atoms with Crippen molar-refractivity contribution in [3.8, 4) is 5.75 Å². The van der Waals surface area contributed by atoms with Crippen LogP contribution in [0.2, 0.25) is 0 Å². The second-order valence-electron chi connectivity index (χ2n) is 5.62. The molecule has 27 heavy (non-hydrogen) atoms. The zero-order chi connectivity index (χ0) is 19.8. The minimum absolute atomic E-state index is 0.196. The van der Waals surface area contributed by atoms with Crippen molar-refractivity contribution in [1.82, 2.24) is 0 Å². The number of para-hydroxylation sites is 1. The van der Waals surface area contributed by atoms with E-state index < -0.39 is 11.9 Å². The van der Waals surface area contributed by atoms with Crippen LogP contribution in [-0.2, 0) is 14.3 Å². The predicted molar refractivity (Wildman–Crippen MR) is 102 cm³/mol. The molecule has 0 spiro atoms. The lowest BCUT2D eigenvalue weighted by Crippen LogP contribution is -2.36. The Bertz CT molecular complexity index is 817. The number of benzene rings is 2.